The van der Waals surface area contributed by atoms with Gasteiger partial charge in [0.1, 0.15) is 5.75 Å². The monoisotopic (exact) mass is 235 g/mol. The number of aliphatic hydroxyl groups excluding tert-OH is 1. The molecule has 0 saturated carbocycles. The molecule has 0 aliphatic heterocycles. The summed E-state index contributed by atoms with van der Waals surface area (Å²) in [5.74, 6) is 0.827. The lowest BCUT2D eigenvalue weighted by atomic mass is 10.1. The first kappa shape index (κ1) is 13.7. The molecule has 1 atom stereocenters. The van der Waals surface area contributed by atoms with Gasteiger partial charge in [-0.1, -0.05) is 24.3 Å². The van der Waals surface area contributed by atoms with E-state index >= 15 is 0 Å². The van der Waals surface area contributed by atoms with Gasteiger partial charge in [0.2, 0.25) is 0 Å². The van der Waals surface area contributed by atoms with Gasteiger partial charge in [-0.2, -0.15) is 0 Å². The Morgan fingerprint density at radius 2 is 2.00 bits per heavy atom. The number of likely N-dealkylation sites (N-methyl/N-ethyl adjacent to an activating group) is 1. The van der Waals surface area contributed by atoms with Crippen molar-refractivity contribution in [1.29, 1.82) is 0 Å². The van der Waals surface area contributed by atoms with Crippen LogP contribution in [0.25, 0.3) is 0 Å². The van der Waals surface area contributed by atoms with Crippen molar-refractivity contribution >= 4 is 0 Å². The second-order valence-corrected chi connectivity index (χ2v) is 4.34. The van der Waals surface area contributed by atoms with E-state index in [2.05, 4.69) is 11.5 Å². The van der Waals surface area contributed by atoms with Gasteiger partial charge in [-0.15, -0.1) is 0 Å². The van der Waals surface area contributed by atoms with Gasteiger partial charge in [-0.25, -0.2) is 0 Å². The molecule has 3 nitrogen and oxygen atoms in total. The third kappa shape index (κ3) is 3.88. The average molecular weight is 235 g/mol. The summed E-state index contributed by atoms with van der Waals surface area (Å²) in [4.78, 5) is 2.09. The Labute approximate surface area is 103 Å². The van der Waals surface area contributed by atoms with Crippen molar-refractivity contribution in [3.63, 3.8) is 0 Å². The fourth-order valence-corrected chi connectivity index (χ4v) is 1.86. The summed E-state index contributed by atoms with van der Waals surface area (Å²) >= 11 is 0. The van der Waals surface area contributed by atoms with Crippen molar-refractivity contribution < 1.29 is 9.84 Å². The zero-order chi connectivity index (χ0) is 12.8. The van der Waals surface area contributed by atoms with Crippen molar-refractivity contribution in [2.24, 2.45) is 0 Å². The standard InChI is InChI=1S/C14H21NO2/c1-11(2)9-15(3)14(10-16)12-5-7-13(17-4)8-6-12/h5-8,14,16H,1,9-10H2,2-4H3/t14-/m0/s1. The molecule has 0 aliphatic carbocycles. The van der Waals surface area contributed by atoms with Gasteiger partial charge >= 0.3 is 0 Å². The fourth-order valence-electron chi connectivity index (χ4n) is 1.86. The van der Waals surface area contributed by atoms with Gasteiger partial charge < -0.3 is 9.84 Å². The molecular weight excluding hydrogens is 214 g/mol. The van der Waals surface area contributed by atoms with Crippen LogP contribution in [0, 0.1) is 0 Å². The Balaban J connectivity index is 2.81. The Morgan fingerprint density at radius 1 is 1.41 bits per heavy atom. The molecule has 1 aromatic rings. The largest absolute Gasteiger partial charge is 0.497 e. The molecule has 3 heteroatoms. The van der Waals surface area contributed by atoms with Crippen LogP contribution in [-0.4, -0.2) is 37.3 Å². The van der Waals surface area contributed by atoms with Crippen molar-refractivity contribution in [3.05, 3.63) is 42.0 Å². The number of nitrogens with zero attached hydrogens (tertiary/aromatic N) is 1. The van der Waals surface area contributed by atoms with E-state index in [0.717, 1.165) is 23.4 Å². The molecule has 0 aliphatic rings. The smallest absolute Gasteiger partial charge is 0.118 e. The maximum Gasteiger partial charge on any atom is 0.118 e. The molecule has 0 radical (unpaired) electrons. The number of hydrogen-bond donors (Lipinski definition) is 1. The highest BCUT2D eigenvalue weighted by molar-refractivity contribution is 5.29. The minimum Gasteiger partial charge on any atom is -0.497 e. The Bertz CT molecular complexity index is 359. The molecular formula is C14H21NO2. The van der Waals surface area contributed by atoms with Crippen molar-refractivity contribution in [3.8, 4) is 5.75 Å². The highest BCUT2D eigenvalue weighted by Crippen LogP contribution is 2.22. The van der Waals surface area contributed by atoms with Crippen LogP contribution >= 0.6 is 0 Å². The minimum absolute atomic E-state index is 0.00222. The summed E-state index contributed by atoms with van der Waals surface area (Å²) < 4.78 is 5.12. The first-order valence-corrected chi connectivity index (χ1v) is 5.68. The average Bonchev–Trinajstić information content (AvgIpc) is 2.30. The molecule has 1 rings (SSSR count). The number of aliphatic hydroxyl groups is 1. The van der Waals surface area contributed by atoms with E-state index < -0.39 is 0 Å². The summed E-state index contributed by atoms with van der Waals surface area (Å²) in [6.07, 6.45) is 0. The van der Waals surface area contributed by atoms with E-state index in [1.807, 2.05) is 38.2 Å². The molecule has 0 aromatic heterocycles. The SMILES string of the molecule is C=C(C)CN(C)[C@@H](CO)c1ccc(OC)cc1. The lowest BCUT2D eigenvalue weighted by molar-refractivity contribution is 0.156. The summed E-state index contributed by atoms with van der Waals surface area (Å²) in [5.41, 5.74) is 2.16. The highest BCUT2D eigenvalue weighted by Gasteiger charge is 2.15. The summed E-state index contributed by atoms with van der Waals surface area (Å²) in [6.45, 7) is 6.74. The molecule has 94 valence electrons. The number of benzene rings is 1. The lowest BCUT2D eigenvalue weighted by Crippen LogP contribution is -2.28. The summed E-state index contributed by atoms with van der Waals surface area (Å²) in [6, 6.07) is 7.78. The topological polar surface area (TPSA) is 32.7 Å². The van der Waals surface area contributed by atoms with Gasteiger partial charge in [-0.3, -0.25) is 4.90 Å². The number of ether oxygens (including phenoxy) is 1. The van der Waals surface area contributed by atoms with E-state index in [1.54, 1.807) is 7.11 Å². The highest BCUT2D eigenvalue weighted by atomic mass is 16.5. The lowest BCUT2D eigenvalue weighted by Gasteiger charge is -2.27. The predicted molar refractivity (Wildman–Crippen MR) is 70.3 cm³/mol. The summed E-state index contributed by atoms with van der Waals surface area (Å²) in [7, 11) is 3.63. The maximum atomic E-state index is 9.49. The van der Waals surface area contributed by atoms with Crippen LogP contribution in [0.4, 0.5) is 0 Å². The van der Waals surface area contributed by atoms with Crippen molar-refractivity contribution in [1.82, 2.24) is 4.90 Å². The molecule has 0 bridgehead atoms. The first-order chi connectivity index (χ1) is 8.08. The molecule has 0 heterocycles. The van der Waals surface area contributed by atoms with E-state index in [4.69, 9.17) is 4.74 Å². The van der Waals surface area contributed by atoms with E-state index in [0.29, 0.717) is 0 Å². The predicted octanol–water partition coefficient (Wildman–Crippen LogP) is 2.24. The van der Waals surface area contributed by atoms with Gasteiger partial charge in [0.05, 0.1) is 19.8 Å². The fraction of sp³-hybridized carbons (Fsp3) is 0.429. The third-order valence-electron chi connectivity index (χ3n) is 2.72. The van der Waals surface area contributed by atoms with Crippen LogP contribution in [-0.2, 0) is 0 Å². The van der Waals surface area contributed by atoms with Gasteiger partial charge in [-0.05, 0) is 31.7 Å². The van der Waals surface area contributed by atoms with Crippen LogP contribution in [0.2, 0.25) is 0 Å². The molecule has 0 unspecified atom stereocenters. The number of rotatable bonds is 6. The van der Waals surface area contributed by atoms with Crippen LogP contribution < -0.4 is 4.74 Å². The Kier molecular flexibility index (Phi) is 5.19. The second-order valence-electron chi connectivity index (χ2n) is 4.34. The van der Waals surface area contributed by atoms with Crippen LogP contribution in [0.3, 0.4) is 0 Å². The normalized spacial score (nSPS) is 12.5. The van der Waals surface area contributed by atoms with Crippen LogP contribution in [0.15, 0.2) is 36.4 Å². The quantitative estimate of drug-likeness (QED) is 0.768. The van der Waals surface area contributed by atoms with E-state index in [9.17, 15) is 5.11 Å². The second kappa shape index (κ2) is 6.42. The number of methoxy groups -OCH3 is 1. The van der Waals surface area contributed by atoms with E-state index in [1.165, 1.54) is 0 Å². The van der Waals surface area contributed by atoms with Crippen molar-refractivity contribution in [2.75, 3.05) is 27.3 Å². The van der Waals surface area contributed by atoms with Gasteiger partial charge in [0, 0.05) is 6.54 Å². The first-order valence-electron chi connectivity index (χ1n) is 5.68. The maximum absolute atomic E-state index is 9.49. The molecule has 0 spiro atoms. The van der Waals surface area contributed by atoms with Gasteiger partial charge in [0.15, 0.2) is 0 Å². The third-order valence-corrected chi connectivity index (χ3v) is 2.72. The molecule has 0 saturated heterocycles. The summed E-state index contributed by atoms with van der Waals surface area (Å²) in [5, 5.41) is 9.49. The zero-order valence-corrected chi connectivity index (χ0v) is 10.8. The molecule has 1 N–H and O–H groups in total. The zero-order valence-electron chi connectivity index (χ0n) is 10.8. The minimum atomic E-state index is -0.00222. The van der Waals surface area contributed by atoms with Crippen LogP contribution in [0.1, 0.15) is 18.5 Å². The molecule has 0 fully saturated rings. The van der Waals surface area contributed by atoms with Gasteiger partial charge in [0.25, 0.3) is 0 Å². The van der Waals surface area contributed by atoms with Crippen LogP contribution in [0.5, 0.6) is 5.75 Å². The van der Waals surface area contributed by atoms with Crippen molar-refractivity contribution in [2.45, 2.75) is 13.0 Å². The molecule has 1 aromatic carbocycles. The van der Waals surface area contributed by atoms with E-state index in [-0.39, 0.29) is 12.6 Å². The Hall–Kier alpha value is -1.32. The Morgan fingerprint density at radius 3 is 2.41 bits per heavy atom. The molecule has 0 amide bonds. The number of hydrogen-bond acceptors (Lipinski definition) is 3. The molecule has 17 heavy (non-hydrogen) atoms.